The highest BCUT2D eigenvalue weighted by atomic mass is 35.5. The summed E-state index contributed by atoms with van der Waals surface area (Å²) in [6.45, 7) is 3.05. The first-order valence-corrected chi connectivity index (χ1v) is 7.94. The lowest BCUT2D eigenvalue weighted by atomic mass is 9.95. The number of carbonyl (C=O) groups is 1. The van der Waals surface area contributed by atoms with Crippen LogP contribution in [0.3, 0.4) is 0 Å². The van der Waals surface area contributed by atoms with Gasteiger partial charge in [-0.1, -0.05) is 23.7 Å². The number of aliphatic hydroxyl groups is 1. The molecule has 0 radical (unpaired) electrons. The number of hydrogen-bond acceptors (Lipinski definition) is 3. The van der Waals surface area contributed by atoms with E-state index < -0.39 is 0 Å². The van der Waals surface area contributed by atoms with Crippen molar-refractivity contribution in [2.75, 3.05) is 31.6 Å². The number of likely N-dealkylation sites (tertiary alicyclic amines) is 1. The molecule has 5 heteroatoms. The minimum atomic E-state index is -0.00705. The maximum absolute atomic E-state index is 12.0. The number of benzene rings is 1. The molecule has 1 aliphatic rings. The predicted octanol–water partition coefficient (Wildman–Crippen LogP) is 2.76. The summed E-state index contributed by atoms with van der Waals surface area (Å²) in [5, 5.41) is 12.4. The summed E-state index contributed by atoms with van der Waals surface area (Å²) >= 11 is 6.02. The molecular formula is C16H23ClN2O2. The number of carbonyl (C=O) groups excluding carboxylic acids is 1. The van der Waals surface area contributed by atoms with Gasteiger partial charge < -0.3 is 15.3 Å². The zero-order chi connectivity index (χ0) is 15.1. The second-order valence-corrected chi connectivity index (χ2v) is 6.01. The Balaban J connectivity index is 1.75. The van der Waals surface area contributed by atoms with Gasteiger partial charge in [-0.15, -0.1) is 0 Å². The fourth-order valence-electron chi connectivity index (χ4n) is 2.81. The van der Waals surface area contributed by atoms with Crippen molar-refractivity contribution in [2.45, 2.75) is 25.7 Å². The Labute approximate surface area is 131 Å². The lowest BCUT2D eigenvalue weighted by Gasteiger charge is -2.32. The number of amides is 1. The van der Waals surface area contributed by atoms with E-state index in [1.807, 2.05) is 12.1 Å². The van der Waals surface area contributed by atoms with Crippen LogP contribution in [0.2, 0.25) is 5.02 Å². The molecule has 1 aromatic carbocycles. The summed E-state index contributed by atoms with van der Waals surface area (Å²) in [4.78, 5) is 14.3. The van der Waals surface area contributed by atoms with E-state index >= 15 is 0 Å². The van der Waals surface area contributed by atoms with Gasteiger partial charge in [-0.2, -0.15) is 0 Å². The number of anilines is 1. The molecular weight excluding hydrogens is 288 g/mol. The molecule has 1 heterocycles. The molecule has 1 atom stereocenters. The average molecular weight is 311 g/mol. The number of hydrogen-bond donors (Lipinski definition) is 2. The number of nitrogens with zero attached hydrogens (tertiary/aromatic N) is 1. The van der Waals surface area contributed by atoms with Gasteiger partial charge in [0.25, 0.3) is 0 Å². The lowest BCUT2D eigenvalue weighted by Crippen LogP contribution is -2.37. The fourth-order valence-corrected chi connectivity index (χ4v) is 2.99. The van der Waals surface area contributed by atoms with Crippen molar-refractivity contribution in [3.63, 3.8) is 0 Å². The van der Waals surface area contributed by atoms with Gasteiger partial charge >= 0.3 is 0 Å². The summed E-state index contributed by atoms with van der Waals surface area (Å²) in [7, 11) is 0. The summed E-state index contributed by atoms with van der Waals surface area (Å²) in [5.74, 6) is 0.558. The molecule has 1 aromatic rings. The summed E-state index contributed by atoms with van der Waals surface area (Å²) in [5.41, 5.74) is 0.668. The monoisotopic (exact) mass is 310 g/mol. The molecule has 2 N–H and O–H groups in total. The van der Waals surface area contributed by atoms with Crippen LogP contribution in [0.1, 0.15) is 25.7 Å². The maximum atomic E-state index is 12.0. The smallest absolute Gasteiger partial charge is 0.225 e. The number of nitrogens with one attached hydrogen (secondary N) is 1. The zero-order valence-corrected chi connectivity index (χ0v) is 13.0. The molecule has 0 bridgehead atoms. The zero-order valence-electron chi connectivity index (χ0n) is 12.2. The number of para-hydroxylation sites is 1. The Hall–Kier alpha value is -1.10. The predicted molar refractivity (Wildman–Crippen MR) is 85.6 cm³/mol. The Morgan fingerprint density at radius 3 is 3.00 bits per heavy atom. The number of piperidine rings is 1. The standard InChI is InChI=1S/C16H23ClN2O2/c17-14-5-1-2-6-15(14)18-16(21)7-10-19-9-3-4-13(12-19)8-11-20/h1-2,5-6,13,20H,3-4,7-12H2,(H,18,21). The van der Waals surface area contributed by atoms with E-state index in [0.29, 0.717) is 23.0 Å². The van der Waals surface area contributed by atoms with Crippen molar-refractivity contribution in [1.29, 1.82) is 0 Å². The third-order valence-electron chi connectivity index (χ3n) is 3.94. The van der Waals surface area contributed by atoms with Crippen molar-refractivity contribution in [3.05, 3.63) is 29.3 Å². The molecule has 2 rings (SSSR count). The molecule has 4 nitrogen and oxygen atoms in total. The Morgan fingerprint density at radius 1 is 1.43 bits per heavy atom. The highest BCUT2D eigenvalue weighted by Crippen LogP contribution is 2.21. The molecule has 0 spiro atoms. The number of aliphatic hydroxyl groups excluding tert-OH is 1. The van der Waals surface area contributed by atoms with Crippen LogP contribution in [-0.2, 0) is 4.79 Å². The minimum absolute atomic E-state index is 0.00705. The quantitative estimate of drug-likeness (QED) is 0.849. The van der Waals surface area contributed by atoms with Crippen LogP contribution in [0.25, 0.3) is 0 Å². The largest absolute Gasteiger partial charge is 0.396 e. The Kier molecular flexibility index (Phi) is 6.49. The van der Waals surface area contributed by atoms with Gasteiger partial charge in [-0.25, -0.2) is 0 Å². The van der Waals surface area contributed by atoms with E-state index in [1.54, 1.807) is 12.1 Å². The second kappa shape index (κ2) is 8.37. The maximum Gasteiger partial charge on any atom is 0.225 e. The van der Waals surface area contributed by atoms with Crippen LogP contribution < -0.4 is 5.32 Å². The van der Waals surface area contributed by atoms with E-state index in [2.05, 4.69) is 10.2 Å². The van der Waals surface area contributed by atoms with Crippen molar-refractivity contribution < 1.29 is 9.90 Å². The van der Waals surface area contributed by atoms with E-state index in [-0.39, 0.29) is 12.5 Å². The van der Waals surface area contributed by atoms with Crippen molar-refractivity contribution in [2.24, 2.45) is 5.92 Å². The fraction of sp³-hybridized carbons (Fsp3) is 0.562. The Bertz CT molecular complexity index is 465. The number of rotatable bonds is 6. The first-order valence-electron chi connectivity index (χ1n) is 7.56. The summed E-state index contributed by atoms with van der Waals surface area (Å²) in [6, 6.07) is 7.26. The normalized spacial score (nSPS) is 19.4. The van der Waals surface area contributed by atoms with E-state index in [9.17, 15) is 4.79 Å². The molecule has 0 saturated carbocycles. The Morgan fingerprint density at radius 2 is 2.24 bits per heavy atom. The first kappa shape index (κ1) is 16.3. The molecule has 1 aliphatic heterocycles. The molecule has 1 unspecified atom stereocenters. The highest BCUT2D eigenvalue weighted by Gasteiger charge is 2.19. The van der Waals surface area contributed by atoms with Crippen LogP contribution in [0.5, 0.6) is 0 Å². The molecule has 1 saturated heterocycles. The van der Waals surface area contributed by atoms with Gasteiger partial charge in [-0.05, 0) is 43.9 Å². The lowest BCUT2D eigenvalue weighted by molar-refractivity contribution is -0.116. The van der Waals surface area contributed by atoms with Crippen molar-refractivity contribution in [1.82, 2.24) is 4.90 Å². The van der Waals surface area contributed by atoms with Crippen LogP contribution in [0.15, 0.2) is 24.3 Å². The minimum Gasteiger partial charge on any atom is -0.396 e. The summed E-state index contributed by atoms with van der Waals surface area (Å²) in [6.07, 6.45) is 3.67. The van der Waals surface area contributed by atoms with E-state index in [1.165, 1.54) is 6.42 Å². The molecule has 21 heavy (non-hydrogen) atoms. The average Bonchev–Trinajstić information content (AvgIpc) is 2.48. The number of halogens is 1. The molecule has 0 aromatic heterocycles. The second-order valence-electron chi connectivity index (χ2n) is 5.60. The van der Waals surface area contributed by atoms with Gasteiger partial charge in [-0.3, -0.25) is 4.79 Å². The molecule has 0 aliphatic carbocycles. The van der Waals surface area contributed by atoms with E-state index in [4.69, 9.17) is 16.7 Å². The van der Waals surface area contributed by atoms with Gasteiger partial charge in [0.1, 0.15) is 0 Å². The van der Waals surface area contributed by atoms with Crippen LogP contribution in [-0.4, -0.2) is 42.2 Å². The van der Waals surface area contributed by atoms with Crippen molar-refractivity contribution in [3.8, 4) is 0 Å². The van der Waals surface area contributed by atoms with Gasteiger partial charge in [0.15, 0.2) is 0 Å². The topological polar surface area (TPSA) is 52.6 Å². The van der Waals surface area contributed by atoms with Crippen molar-refractivity contribution >= 4 is 23.2 Å². The van der Waals surface area contributed by atoms with Gasteiger partial charge in [0, 0.05) is 26.1 Å². The third kappa shape index (κ3) is 5.30. The summed E-state index contributed by atoms with van der Waals surface area (Å²) < 4.78 is 0. The third-order valence-corrected chi connectivity index (χ3v) is 4.27. The molecule has 116 valence electrons. The molecule has 1 fully saturated rings. The van der Waals surface area contributed by atoms with Crippen LogP contribution in [0, 0.1) is 5.92 Å². The first-order chi connectivity index (χ1) is 10.2. The van der Waals surface area contributed by atoms with Crippen LogP contribution >= 0.6 is 11.6 Å². The molecule has 1 amide bonds. The van der Waals surface area contributed by atoms with Gasteiger partial charge in [0.05, 0.1) is 10.7 Å². The highest BCUT2D eigenvalue weighted by molar-refractivity contribution is 6.33. The van der Waals surface area contributed by atoms with Gasteiger partial charge in [0.2, 0.25) is 5.91 Å². The van der Waals surface area contributed by atoms with Crippen LogP contribution in [0.4, 0.5) is 5.69 Å². The van der Waals surface area contributed by atoms with E-state index in [0.717, 1.165) is 32.5 Å². The SMILES string of the molecule is O=C(CCN1CCCC(CCO)C1)Nc1ccccc1Cl.